The average molecular weight is 471 g/mol. The second-order valence-electron chi connectivity index (χ2n) is 8.64. The lowest BCUT2D eigenvalue weighted by Crippen LogP contribution is -2.63. The van der Waals surface area contributed by atoms with Crippen molar-refractivity contribution in [1.29, 1.82) is 0 Å². The third-order valence-corrected chi connectivity index (χ3v) is 6.10. The smallest absolute Gasteiger partial charge is 0.370 e. The van der Waals surface area contributed by atoms with Crippen LogP contribution < -0.4 is 9.80 Å². The second-order valence-corrected chi connectivity index (χ2v) is 8.64. The van der Waals surface area contributed by atoms with Crippen LogP contribution in [0, 0.1) is 5.41 Å². The zero-order valence-electron chi connectivity index (χ0n) is 17.2. The zero-order valence-corrected chi connectivity index (χ0v) is 17.2. The number of hydrogen-bond acceptors (Lipinski definition) is 6. The SMILES string of the molecule is FC(F)(F)Cn1ncc2ncc(N3CC4(CCCN(c5ccc(C(F)(F)F)nc5)C4)C3)nc21. The van der Waals surface area contributed by atoms with Crippen LogP contribution in [0.1, 0.15) is 18.5 Å². The van der Waals surface area contributed by atoms with Crippen LogP contribution in [-0.2, 0) is 12.7 Å². The largest absolute Gasteiger partial charge is 0.433 e. The van der Waals surface area contributed by atoms with Gasteiger partial charge in [-0.2, -0.15) is 31.4 Å². The number of fused-ring (bicyclic) bond motifs is 1. The fraction of sp³-hybridized carbons (Fsp3) is 0.500. The highest BCUT2D eigenvalue weighted by Crippen LogP contribution is 2.42. The van der Waals surface area contributed by atoms with Crippen LogP contribution in [-0.4, -0.2) is 57.1 Å². The van der Waals surface area contributed by atoms with Crippen LogP contribution >= 0.6 is 0 Å². The summed E-state index contributed by atoms with van der Waals surface area (Å²) in [7, 11) is 0. The number of pyridine rings is 1. The summed E-state index contributed by atoms with van der Waals surface area (Å²) in [6.45, 7) is 1.39. The summed E-state index contributed by atoms with van der Waals surface area (Å²) in [5.41, 5.74) is -0.00265. The van der Waals surface area contributed by atoms with Crippen molar-refractivity contribution in [2.24, 2.45) is 5.41 Å². The van der Waals surface area contributed by atoms with Crippen molar-refractivity contribution >= 4 is 22.7 Å². The molecule has 0 amide bonds. The molecule has 0 aromatic carbocycles. The number of piperidine rings is 1. The van der Waals surface area contributed by atoms with E-state index >= 15 is 0 Å². The Kier molecular flexibility index (Phi) is 4.90. The molecule has 0 saturated carbocycles. The minimum absolute atomic E-state index is 0.0758. The van der Waals surface area contributed by atoms with Gasteiger partial charge in [-0.15, -0.1) is 0 Å². The number of halogens is 6. The van der Waals surface area contributed by atoms with Crippen molar-refractivity contribution < 1.29 is 26.3 Å². The fourth-order valence-corrected chi connectivity index (χ4v) is 4.63. The number of aromatic nitrogens is 5. The first-order valence-electron chi connectivity index (χ1n) is 10.3. The van der Waals surface area contributed by atoms with Gasteiger partial charge in [-0.3, -0.25) is 0 Å². The van der Waals surface area contributed by atoms with E-state index in [9.17, 15) is 26.3 Å². The Morgan fingerprint density at radius 3 is 2.33 bits per heavy atom. The lowest BCUT2D eigenvalue weighted by Gasteiger charge is -2.55. The topological polar surface area (TPSA) is 63.0 Å². The molecule has 0 atom stereocenters. The Labute approximate surface area is 184 Å². The number of rotatable bonds is 3. The first-order chi connectivity index (χ1) is 15.5. The van der Waals surface area contributed by atoms with Gasteiger partial charge >= 0.3 is 12.4 Å². The molecule has 3 aromatic rings. The third kappa shape index (κ3) is 4.27. The van der Waals surface area contributed by atoms with Crippen LogP contribution in [0.4, 0.5) is 37.8 Å². The highest BCUT2D eigenvalue weighted by molar-refractivity contribution is 5.71. The Bertz CT molecular complexity index is 1150. The summed E-state index contributed by atoms with van der Waals surface area (Å²) in [6.07, 6.45) is -3.06. The Morgan fingerprint density at radius 1 is 0.909 bits per heavy atom. The molecule has 0 N–H and O–H groups in total. The summed E-state index contributed by atoms with van der Waals surface area (Å²) >= 11 is 0. The van der Waals surface area contributed by atoms with E-state index < -0.39 is 24.6 Å². The van der Waals surface area contributed by atoms with Gasteiger partial charge in [-0.1, -0.05) is 0 Å². The molecule has 0 bridgehead atoms. The minimum atomic E-state index is -4.48. The zero-order chi connectivity index (χ0) is 23.4. The maximum atomic E-state index is 12.8. The summed E-state index contributed by atoms with van der Waals surface area (Å²) in [6, 6.07) is 2.42. The number of nitrogens with zero attached hydrogens (tertiary/aromatic N) is 7. The predicted octanol–water partition coefficient (Wildman–Crippen LogP) is 3.91. The molecule has 2 fully saturated rings. The van der Waals surface area contributed by atoms with E-state index in [0.717, 1.165) is 30.1 Å². The van der Waals surface area contributed by atoms with Crippen molar-refractivity contribution in [3.63, 3.8) is 0 Å². The average Bonchev–Trinajstić information content (AvgIpc) is 3.12. The summed E-state index contributed by atoms with van der Waals surface area (Å²) in [4.78, 5) is 16.1. The number of alkyl halides is 6. The third-order valence-electron chi connectivity index (χ3n) is 6.10. The number of hydrogen-bond donors (Lipinski definition) is 0. The molecule has 5 rings (SSSR count). The lowest BCUT2D eigenvalue weighted by molar-refractivity contribution is -0.142. The molecule has 2 aliphatic rings. The van der Waals surface area contributed by atoms with Crippen LogP contribution in [0.15, 0.2) is 30.7 Å². The van der Waals surface area contributed by atoms with E-state index in [2.05, 4.69) is 20.1 Å². The Hall–Kier alpha value is -3.12. The summed E-state index contributed by atoms with van der Waals surface area (Å²) in [5.74, 6) is 0.477. The minimum Gasteiger partial charge on any atom is -0.370 e. The van der Waals surface area contributed by atoms with Gasteiger partial charge in [0.05, 0.1) is 24.3 Å². The van der Waals surface area contributed by atoms with Crippen molar-refractivity contribution in [1.82, 2.24) is 24.7 Å². The molecule has 0 aliphatic carbocycles. The molecule has 3 aromatic heterocycles. The highest BCUT2D eigenvalue weighted by Gasteiger charge is 2.46. The van der Waals surface area contributed by atoms with E-state index in [0.29, 0.717) is 31.1 Å². The summed E-state index contributed by atoms with van der Waals surface area (Å²) < 4.78 is 77.5. The molecule has 13 heteroatoms. The quantitative estimate of drug-likeness (QED) is 0.540. The van der Waals surface area contributed by atoms with E-state index in [1.165, 1.54) is 24.7 Å². The van der Waals surface area contributed by atoms with Gasteiger partial charge in [0.15, 0.2) is 5.65 Å². The maximum absolute atomic E-state index is 12.8. The lowest BCUT2D eigenvalue weighted by atomic mass is 9.73. The molecule has 0 radical (unpaired) electrons. The van der Waals surface area contributed by atoms with Crippen LogP contribution in [0.2, 0.25) is 0 Å². The normalized spacial score (nSPS) is 18.7. The van der Waals surface area contributed by atoms with Gasteiger partial charge in [-0.05, 0) is 25.0 Å². The van der Waals surface area contributed by atoms with Gasteiger partial charge in [0.1, 0.15) is 23.6 Å². The summed E-state index contributed by atoms with van der Waals surface area (Å²) in [5, 5.41) is 3.74. The van der Waals surface area contributed by atoms with Crippen LogP contribution in [0.25, 0.3) is 11.2 Å². The maximum Gasteiger partial charge on any atom is 0.433 e. The van der Waals surface area contributed by atoms with Gasteiger partial charge in [0.25, 0.3) is 0 Å². The van der Waals surface area contributed by atoms with Crippen LogP contribution in [0.5, 0.6) is 0 Å². The monoisotopic (exact) mass is 471 g/mol. The number of anilines is 2. The van der Waals surface area contributed by atoms with Crippen molar-refractivity contribution in [2.45, 2.75) is 31.7 Å². The van der Waals surface area contributed by atoms with Gasteiger partial charge in [0.2, 0.25) is 0 Å². The molecule has 7 nitrogen and oxygen atoms in total. The van der Waals surface area contributed by atoms with E-state index in [1.807, 2.05) is 9.80 Å². The first kappa shape index (κ1) is 21.7. The molecule has 0 unspecified atom stereocenters. The molecule has 176 valence electrons. The standard InChI is InChI=1S/C20H19F6N7/c21-19(22,23)12-33-17-14(7-29-33)27-8-16(30-17)32-10-18(11-32)4-1-5-31(9-18)13-2-3-15(28-6-13)20(24,25)26/h2-3,6-8H,1,4-5,9-12H2. The molecular weight excluding hydrogens is 452 g/mol. The van der Waals surface area contributed by atoms with Gasteiger partial charge in [0, 0.05) is 31.6 Å². The molecule has 5 heterocycles. The van der Waals surface area contributed by atoms with Crippen LogP contribution in [0.3, 0.4) is 0 Å². The van der Waals surface area contributed by atoms with E-state index in [1.54, 1.807) is 0 Å². The Balaban J connectivity index is 1.29. The van der Waals surface area contributed by atoms with E-state index in [4.69, 9.17) is 0 Å². The molecule has 2 aliphatic heterocycles. The van der Waals surface area contributed by atoms with Crippen molar-refractivity contribution in [3.05, 3.63) is 36.4 Å². The molecule has 1 spiro atoms. The molecular formula is C20H19F6N7. The molecule has 2 saturated heterocycles. The first-order valence-corrected chi connectivity index (χ1v) is 10.3. The highest BCUT2D eigenvalue weighted by atomic mass is 19.4. The van der Waals surface area contributed by atoms with E-state index in [-0.39, 0.29) is 16.6 Å². The van der Waals surface area contributed by atoms with Gasteiger partial charge in [-0.25, -0.2) is 19.6 Å². The Morgan fingerprint density at radius 2 is 1.67 bits per heavy atom. The second kappa shape index (κ2) is 7.45. The predicted molar refractivity (Wildman–Crippen MR) is 107 cm³/mol. The molecule has 33 heavy (non-hydrogen) atoms. The van der Waals surface area contributed by atoms with Gasteiger partial charge < -0.3 is 9.80 Å². The fourth-order valence-electron chi connectivity index (χ4n) is 4.63. The van der Waals surface area contributed by atoms with Crippen molar-refractivity contribution in [2.75, 3.05) is 36.0 Å². The van der Waals surface area contributed by atoms with Crippen molar-refractivity contribution in [3.8, 4) is 0 Å².